The molecule has 0 N–H and O–H groups in total. The average molecular weight is 956 g/mol. The van der Waals surface area contributed by atoms with Gasteiger partial charge in [-0.15, -0.1) is 0 Å². The summed E-state index contributed by atoms with van der Waals surface area (Å²) in [6.45, 7) is 6.54. The summed E-state index contributed by atoms with van der Waals surface area (Å²) in [5, 5.41) is 0. The first-order chi connectivity index (χ1) is 33.5. The van der Waals surface area contributed by atoms with E-state index in [2.05, 4.69) is 57.2 Å². The van der Waals surface area contributed by atoms with E-state index >= 15 is 0 Å². The number of carbonyl (C=O) groups is 3. The number of allylic oxidation sites excluding steroid dienone is 6. The van der Waals surface area contributed by atoms with Gasteiger partial charge in [0.1, 0.15) is 13.2 Å². The summed E-state index contributed by atoms with van der Waals surface area (Å²) >= 11 is 0. The highest BCUT2D eigenvalue weighted by Gasteiger charge is 2.19. The monoisotopic (exact) mass is 955 g/mol. The van der Waals surface area contributed by atoms with Crippen molar-refractivity contribution in [1.29, 1.82) is 0 Å². The maximum absolute atomic E-state index is 12.8. The zero-order valence-corrected chi connectivity index (χ0v) is 45.6. The maximum Gasteiger partial charge on any atom is 0.306 e. The van der Waals surface area contributed by atoms with Gasteiger partial charge >= 0.3 is 17.9 Å². The molecule has 0 bridgehead atoms. The molecule has 0 fully saturated rings. The minimum absolute atomic E-state index is 0.0795. The van der Waals surface area contributed by atoms with Crippen LogP contribution in [0.25, 0.3) is 0 Å². The van der Waals surface area contributed by atoms with Crippen LogP contribution in [0.2, 0.25) is 0 Å². The quantitative estimate of drug-likeness (QED) is 0.0262. The van der Waals surface area contributed by atoms with Crippen LogP contribution in [-0.4, -0.2) is 37.2 Å². The van der Waals surface area contributed by atoms with Gasteiger partial charge in [0.25, 0.3) is 0 Å². The molecule has 1 atom stereocenters. The summed E-state index contributed by atoms with van der Waals surface area (Å²) in [6.07, 6.45) is 68.8. The summed E-state index contributed by atoms with van der Waals surface area (Å²) in [7, 11) is 0. The number of hydrogen-bond donors (Lipinski definition) is 0. The SMILES string of the molecule is CC/C=C\C/C=C\C/C=C\CCCCCC(=O)OC(COC(=O)CCCCCCCCCCCCC)COC(=O)CCCCCCCCCCCCCCCCCCCCCCCCCCCC. The van der Waals surface area contributed by atoms with Crippen LogP contribution >= 0.6 is 0 Å². The van der Waals surface area contributed by atoms with Gasteiger partial charge < -0.3 is 14.2 Å². The Labute approximate surface area is 423 Å². The highest BCUT2D eigenvalue weighted by Crippen LogP contribution is 2.17. The number of hydrogen-bond acceptors (Lipinski definition) is 6. The van der Waals surface area contributed by atoms with Crippen molar-refractivity contribution in [1.82, 2.24) is 0 Å². The van der Waals surface area contributed by atoms with E-state index in [0.29, 0.717) is 19.3 Å². The maximum atomic E-state index is 12.8. The molecule has 6 heteroatoms. The molecule has 68 heavy (non-hydrogen) atoms. The Hall–Kier alpha value is -2.37. The van der Waals surface area contributed by atoms with Crippen LogP contribution in [0.5, 0.6) is 0 Å². The van der Waals surface area contributed by atoms with Crippen LogP contribution in [0.3, 0.4) is 0 Å². The van der Waals surface area contributed by atoms with Gasteiger partial charge in [0.2, 0.25) is 0 Å². The van der Waals surface area contributed by atoms with Crippen molar-refractivity contribution in [3.63, 3.8) is 0 Å². The number of carbonyl (C=O) groups excluding carboxylic acids is 3. The second-order valence-electron chi connectivity index (χ2n) is 20.2. The molecule has 0 saturated carbocycles. The Bertz CT molecular complexity index is 1140. The van der Waals surface area contributed by atoms with Crippen molar-refractivity contribution >= 4 is 17.9 Å². The Balaban J connectivity index is 4.15. The predicted molar refractivity (Wildman–Crippen MR) is 293 cm³/mol. The van der Waals surface area contributed by atoms with Crippen LogP contribution in [0.15, 0.2) is 36.5 Å². The molecule has 0 spiro atoms. The minimum atomic E-state index is -0.782. The average Bonchev–Trinajstić information content (AvgIpc) is 3.34. The summed E-state index contributed by atoms with van der Waals surface area (Å²) in [5.74, 6) is -0.893. The Morgan fingerprint density at radius 2 is 0.574 bits per heavy atom. The van der Waals surface area contributed by atoms with E-state index in [9.17, 15) is 14.4 Å². The molecule has 0 rings (SSSR count). The van der Waals surface area contributed by atoms with Gasteiger partial charge in [-0.3, -0.25) is 14.4 Å². The fourth-order valence-electron chi connectivity index (χ4n) is 8.93. The minimum Gasteiger partial charge on any atom is -0.462 e. The van der Waals surface area contributed by atoms with Crippen LogP contribution in [0, 0.1) is 0 Å². The molecule has 0 saturated heterocycles. The molecule has 0 aliphatic carbocycles. The van der Waals surface area contributed by atoms with Crippen LogP contribution < -0.4 is 0 Å². The third-order valence-electron chi connectivity index (χ3n) is 13.4. The number of esters is 3. The van der Waals surface area contributed by atoms with E-state index in [1.54, 1.807) is 0 Å². The highest BCUT2D eigenvalue weighted by atomic mass is 16.6. The first-order valence-electron chi connectivity index (χ1n) is 30.0. The molecular weight excluding hydrogens is 841 g/mol. The van der Waals surface area contributed by atoms with Gasteiger partial charge in [0.05, 0.1) is 0 Å². The van der Waals surface area contributed by atoms with E-state index < -0.39 is 6.10 Å². The molecule has 0 aliphatic rings. The van der Waals surface area contributed by atoms with Gasteiger partial charge in [0.15, 0.2) is 6.10 Å². The Kier molecular flexibility index (Phi) is 55.2. The summed E-state index contributed by atoms with van der Waals surface area (Å²) in [6, 6.07) is 0. The summed E-state index contributed by atoms with van der Waals surface area (Å²) in [4.78, 5) is 38.1. The second-order valence-corrected chi connectivity index (χ2v) is 20.2. The number of rotatable bonds is 55. The van der Waals surface area contributed by atoms with Gasteiger partial charge in [-0.25, -0.2) is 0 Å². The van der Waals surface area contributed by atoms with Crippen molar-refractivity contribution < 1.29 is 28.6 Å². The van der Waals surface area contributed by atoms with Gasteiger partial charge in [-0.2, -0.15) is 0 Å². The first kappa shape index (κ1) is 65.6. The first-order valence-corrected chi connectivity index (χ1v) is 30.0. The molecule has 0 heterocycles. The van der Waals surface area contributed by atoms with Crippen molar-refractivity contribution in [2.75, 3.05) is 13.2 Å². The molecule has 0 aliphatic heterocycles. The third kappa shape index (κ3) is 54.6. The standard InChI is InChI=1S/C62H114O6/c1-4-7-10-13-16-19-22-24-25-26-27-28-29-30-31-32-33-34-35-36-38-40-43-46-49-52-55-61(64)67-58-59(57-66-60(63)54-51-48-45-42-39-21-18-15-12-9-6-3)68-62(65)56-53-50-47-44-41-37-23-20-17-14-11-8-5-2/h8,11,17,20,37,41,59H,4-7,9-10,12-16,18-19,21-36,38-40,42-58H2,1-3H3/b11-8-,20-17-,41-37-. The van der Waals surface area contributed by atoms with Crippen molar-refractivity contribution in [2.45, 2.75) is 329 Å². The summed E-state index contributed by atoms with van der Waals surface area (Å²) < 4.78 is 16.8. The number of unbranched alkanes of at least 4 members (excludes halogenated alkanes) is 38. The topological polar surface area (TPSA) is 78.9 Å². The molecule has 0 amide bonds. The summed E-state index contributed by atoms with van der Waals surface area (Å²) in [5.41, 5.74) is 0. The predicted octanol–water partition coefficient (Wildman–Crippen LogP) is 20.0. The van der Waals surface area contributed by atoms with Crippen molar-refractivity contribution in [3.8, 4) is 0 Å². The van der Waals surface area contributed by atoms with Gasteiger partial charge in [-0.05, 0) is 51.4 Å². The molecule has 0 aromatic rings. The third-order valence-corrected chi connectivity index (χ3v) is 13.4. The molecule has 1 unspecified atom stereocenters. The Morgan fingerprint density at radius 3 is 0.897 bits per heavy atom. The fourth-order valence-corrected chi connectivity index (χ4v) is 8.93. The van der Waals surface area contributed by atoms with E-state index in [-0.39, 0.29) is 31.1 Å². The van der Waals surface area contributed by atoms with E-state index in [1.165, 1.54) is 199 Å². The van der Waals surface area contributed by atoms with Gasteiger partial charge in [-0.1, -0.05) is 288 Å². The molecular formula is C62H114O6. The lowest BCUT2D eigenvalue weighted by Gasteiger charge is -2.18. The molecule has 398 valence electrons. The van der Waals surface area contributed by atoms with Crippen molar-refractivity contribution in [2.24, 2.45) is 0 Å². The lowest BCUT2D eigenvalue weighted by Crippen LogP contribution is -2.30. The van der Waals surface area contributed by atoms with Crippen LogP contribution in [0.4, 0.5) is 0 Å². The van der Waals surface area contributed by atoms with E-state index in [0.717, 1.165) is 83.5 Å². The normalized spacial score (nSPS) is 12.2. The van der Waals surface area contributed by atoms with Crippen LogP contribution in [-0.2, 0) is 28.6 Å². The zero-order valence-electron chi connectivity index (χ0n) is 45.6. The fraction of sp³-hybridized carbons (Fsp3) is 0.855. The smallest absolute Gasteiger partial charge is 0.306 e. The number of ether oxygens (including phenoxy) is 3. The molecule has 0 aromatic carbocycles. The molecule has 6 nitrogen and oxygen atoms in total. The van der Waals surface area contributed by atoms with Crippen LogP contribution in [0.1, 0.15) is 323 Å². The Morgan fingerprint density at radius 1 is 0.309 bits per heavy atom. The zero-order chi connectivity index (χ0) is 49.3. The molecule has 0 radical (unpaired) electrons. The van der Waals surface area contributed by atoms with E-state index in [1.807, 2.05) is 0 Å². The lowest BCUT2D eigenvalue weighted by molar-refractivity contribution is -0.167. The highest BCUT2D eigenvalue weighted by molar-refractivity contribution is 5.71. The van der Waals surface area contributed by atoms with Gasteiger partial charge in [0, 0.05) is 19.3 Å². The van der Waals surface area contributed by atoms with E-state index in [4.69, 9.17) is 14.2 Å². The molecule has 0 aromatic heterocycles. The second kappa shape index (κ2) is 57.2. The largest absolute Gasteiger partial charge is 0.462 e. The lowest BCUT2D eigenvalue weighted by atomic mass is 10.0. The van der Waals surface area contributed by atoms with Crippen molar-refractivity contribution in [3.05, 3.63) is 36.5 Å².